The molecule has 0 bridgehead atoms. The summed E-state index contributed by atoms with van der Waals surface area (Å²) < 4.78 is 13.1. The molecule has 1 aromatic heterocycles. The number of nitrogens with zero attached hydrogens (tertiary/aromatic N) is 3. The van der Waals surface area contributed by atoms with E-state index in [1.165, 1.54) is 22.9 Å². The quantitative estimate of drug-likeness (QED) is 0.168. The van der Waals surface area contributed by atoms with Gasteiger partial charge in [-0.15, -0.1) is 0 Å². The second-order valence-electron chi connectivity index (χ2n) is 8.70. The summed E-state index contributed by atoms with van der Waals surface area (Å²) in [4.78, 5) is 23.8. The van der Waals surface area contributed by atoms with E-state index in [9.17, 15) is 14.9 Å². The van der Waals surface area contributed by atoms with Gasteiger partial charge in [0.1, 0.15) is 17.2 Å². The number of carbonyl (C=O) groups is 1. The van der Waals surface area contributed by atoms with E-state index in [1.54, 1.807) is 18.3 Å². The van der Waals surface area contributed by atoms with Gasteiger partial charge < -0.3 is 14.8 Å². The first-order valence-corrected chi connectivity index (χ1v) is 12.1. The molecule has 0 saturated carbocycles. The third-order valence-corrected chi connectivity index (χ3v) is 5.88. The minimum Gasteiger partial charge on any atom is -0.471 e. The number of carbonyl (C=O) groups excluding carboxylic acids is 1. The number of nitro benzene ring substituents is 1. The molecular formula is C30H24N4O5. The Labute approximate surface area is 224 Å². The number of aryl methyl sites for hydroxylation is 1. The minimum atomic E-state index is -0.543. The Kier molecular flexibility index (Phi) is 7.31. The topological polar surface area (TPSA) is 109 Å². The Morgan fingerprint density at radius 2 is 1.62 bits per heavy atom. The van der Waals surface area contributed by atoms with E-state index in [4.69, 9.17) is 9.47 Å². The maximum absolute atomic E-state index is 12.8. The van der Waals surface area contributed by atoms with E-state index in [0.717, 1.165) is 16.7 Å². The van der Waals surface area contributed by atoms with Crippen molar-refractivity contribution in [1.29, 1.82) is 0 Å². The summed E-state index contributed by atoms with van der Waals surface area (Å²) in [5, 5.41) is 18.4. The molecule has 1 heterocycles. The van der Waals surface area contributed by atoms with E-state index in [1.807, 2.05) is 79.7 Å². The average Bonchev–Trinajstić information content (AvgIpc) is 3.43. The zero-order chi connectivity index (χ0) is 27.2. The number of anilines is 1. The summed E-state index contributed by atoms with van der Waals surface area (Å²) in [6.07, 6.45) is 1.62. The monoisotopic (exact) mass is 520 g/mol. The first-order chi connectivity index (χ1) is 18.9. The second-order valence-corrected chi connectivity index (χ2v) is 8.70. The van der Waals surface area contributed by atoms with Crippen LogP contribution < -0.4 is 14.8 Å². The smallest absolute Gasteiger partial charge is 0.276 e. The lowest BCUT2D eigenvalue weighted by atomic mass is 10.1. The summed E-state index contributed by atoms with van der Waals surface area (Å²) in [6, 6.07) is 30.7. The molecule has 4 aromatic carbocycles. The molecule has 5 aromatic rings. The highest BCUT2D eigenvalue weighted by Crippen LogP contribution is 2.31. The highest BCUT2D eigenvalue weighted by molar-refractivity contribution is 6.03. The van der Waals surface area contributed by atoms with Gasteiger partial charge in [-0.2, -0.15) is 5.10 Å². The molecule has 194 valence electrons. The number of ether oxygens (including phenoxy) is 2. The molecule has 0 unspecified atom stereocenters. The van der Waals surface area contributed by atoms with Crippen molar-refractivity contribution in [3.63, 3.8) is 0 Å². The third kappa shape index (κ3) is 6.28. The van der Waals surface area contributed by atoms with Crippen LogP contribution in [0.15, 0.2) is 109 Å². The molecule has 0 fully saturated rings. The van der Waals surface area contributed by atoms with Crippen LogP contribution in [0.1, 0.15) is 16.1 Å². The first kappa shape index (κ1) is 25.2. The predicted octanol–water partition coefficient (Wildman–Crippen LogP) is 6.85. The number of hydrogen-bond acceptors (Lipinski definition) is 6. The van der Waals surface area contributed by atoms with Gasteiger partial charge in [-0.05, 0) is 47.9 Å². The van der Waals surface area contributed by atoms with Crippen LogP contribution in [0.5, 0.6) is 17.2 Å². The highest BCUT2D eigenvalue weighted by Gasteiger charge is 2.16. The Hall–Kier alpha value is -5.44. The number of rotatable bonds is 9. The van der Waals surface area contributed by atoms with Gasteiger partial charge in [0.2, 0.25) is 0 Å². The summed E-state index contributed by atoms with van der Waals surface area (Å²) in [5.74, 6) is 0.923. The normalized spacial score (nSPS) is 10.6. The molecule has 0 aliphatic carbocycles. The van der Waals surface area contributed by atoms with Crippen LogP contribution in [0, 0.1) is 17.0 Å². The van der Waals surface area contributed by atoms with Gasteiger partial charge in [-0.25, -0.2) is 4.68 Å². The van der Waals surface area contributed by atoms with Gasteiger partial charge in [0.15, 0.2) is 12.4 Å². The lowest BCUT2D eigenvalue weighted by molar-refractivity contribution is -0.384. The molecule has 0 aliphatic heterocycles. The molecule has 1 N–H and O–H groups in total. The van der Waals surface area contributed by atoms with Crippen LogP contribution in [0.4, 0.5) is 11.4 Å². The van der Waals surface area contributed by atoms with Crippen molar-refractivity contribution in [3.05, 3.63) is 131 Å². The van der Waals surface area contributed by atoms with Crippen molar-refractivity contribution < 1.29 is 19.2 Å². The zero-order valence-corrected chi connectivity index (χ0v) is 21.0. The van der Waals surface area contributed by atoms with Crippen molar-refractivity contribution in [3.8, 4) is 28.4 Å². The maximum atomic E-state index is 12.8. The van der Waals surface area contributed by atoms with E-state index < -0.39 is 10.8 Å². The lowest BCUT2D eigenvalue weighted by Gasteiger charge is -2.10. The first-order valence-electron chi connectivity index (χ1n) is 12.1. The SMILES string of the molecule is Cc1ccccc1Oc1cc(NC(=O)c2ccn(COc3ccc(-c4ccccc4)cc3)n2)cc([N+](=O)[O-])c1. The second kappa shape index (κ2) is 11.3. The number of nitro groups is 1. The minimum absolute atomic E-state index is 0.100. The predicted molar refractivity (Wildman–Crippen MR) is 147 cm³/mol. The van der Waals surface area contributed by atoms with E-state index >= 15 is 0 Å². The van der Waals surface area contributed by atoms with Gasteiger partial charge in [0.05, 0.1) is 16.7 Å². The molecule has 9 heteroatoms. The van der Waals surface area contributed by atoms with Crippen LogP contribution in [0.3, 0.4) is 0 Å². The number of non-ortho nitro benzene ring substituents is 1. The Morgan fingerprint density at radius 3 is 2.36 bits per heavy atom. The van der Waals surface area contributed by atoms with Crippen LogP contribution in [-0.4, -0.2) is 20.6 Å². The van der Waals surface area contributed by atoms with Gasteiger partial charge >= 0.3 is 0 Å². The number of aromatic nitrogens is 2. The molecule has 39 heavy (non-hydrogen) atoms. The van der Waals surface area contributed by atoms with Crippen molar-refractivity contribution in [2.75, 3.05) is 5.32 Å². The fraction of sp³-hybridized carbons (Fsp3) is 0.0667. The summed E-state index contributed by atoms with van der Waals surface area (Å²) in [5.41, 5.74) is 3.19. The van der Waals surface area contributed by atoms with Crippen LogP contribution >= 0.6 is 0 Å². The molecule has 0 aliphatic rings. The molecule has 9 nitrogen and oxygen atoms in total. The van der Waals surface area contributed by atoms with Crippen molar-refractivity contribution in [2.24, 2.45) is 0 Å². The number of nitrogens with one attached hydrogen (secondary N) is 1. The third-order valence-electron chi connectivity index (χ3n) is 5.88. The van der Waals surface area contributed by atoms with Gasteiger partial charge in [0.25, 0.3) is 11.6 Å². The number of amides is 1. The number of benzene rings is 4. The van der Waals surface area contributed by atoms with Crippen LogP contribution in [-0.2, 0) is 6.73 Å². The van der Waals surface area contributed by atoms with Crippen LogP contribution in [0.25, 0.3) is 11.1 Å². The summed E-state index contributed by atoms with van der Waals surface area (Å²) >= 11 is 0. The largest absolute Gasteiger partial charge is 0.471 e. The molecule has 0 atom stereocenters. The number of hydrogen-bond donors (Lipinski definition) is 1. The van der Waals surface area contributed by atoms with E-state index in [-0.39, 0.29) is 29.5 Å². The van der Waals surface area contributed by atoms with Crippen molar-refractivity contribution in [1.82, 2.24) is 9.78 Å². The van der Waals surface area contributed by atoms with Crippen molar-refractivity contribution in [2.45, 2.75) is 13.7 Å². The molecule has 0 saturated heterocycles. The fourth-order valence-electron chi connectivity index (χ4n) is 3.88. The van der Waals surface area contributed by atoms with Gasteiger partial charge in [0, 0.05) is 18.3 Å². The van der Waals surface area contributed by atoms with Crippen LogP contribution in [0.2, 0.25) is 0 Å². The highest BCUT2D eigenvalue weighted by atomic mass is 16.6. The molecule has 1 amide bonds. The van der Waals surface area contributed by atoms with Gasteiger partial charge in [-0.3, -0.25) is 14.9 Å². The average molecular weight is 521 g/mol. The number of para-hydroxylation sites is 1. The van der Waals surface area contributed by atoms with E-state index in [2.05, 4.69) is 10.4 Å². The molecule has 0 radical (unpaired) electrons. The Balaban J connectivity index is 1.23. The summed E-state index contributed by atoms with van der Waals surface area (Å²) in [7, 11) is 0. The molecular weight excluding hydrogens is 496 g/mol. The van der Waals surface area contributed by atoms with Gasteiger partial charge in [-0.1, -0.05) is 60.7 Å². The lowest BCUT2D eigenvalue weighted by Crippen LogP contribution is -2.14. The Bertz CT molecular complexity index is 1610. The Morgan fingerprint density at radius 1 is 0.897 bits per heavy atom. The standard InChI is InChI=1S/C30H24N4O5/c1-21-7-5-6-10-29(21)39-27-18-24(17-25(19-27)34(36)37)31-30(35)28-15-16-33(32-28)20-38-26-13-11-23(12-14-26)22-8-3-2-4-9-22/h2-19H,20H2,1H3,(H,31,35). The van der Waals surface area contributed by atoms with Crippen molar-refractivity contribution >= 4 is 17.3 Å². The fourth-order valence-corrected chi connectivity index (χ4v) is 3.88. The zero-order valence-electron chi connectivity index (χ0n) is 21.0. The molecule has 0 spiro atoms. The maximum Gasteiger partial charge on any atom is 0.276 e. The molecule has 5 rings (SSSR count). The van der Waals surface area contributed by atoms with E-state index in [0.29, 0.717) is 11.5 Å². The summed E-state index contributed by atoms with van der Waals surface area (Å²) in [6.45, 7) is 1.97.